The maximum atomic E-state index is 13.3. The zero-order valence-electron chi connectivity index (χ0n) is 16.8. The van der Waals surface area contributed by atoms with Crippen LogP contribution in [0.15, 0.2) is 58.8 Å². The fraction of sp³-hybridized carbons (Fsp3) is 0.182. The van der Waals surface area contributed by atoms with Gasteiger partial charge in [0.25, 0.3) is 10.0 Å². The lowest BCUT2D eigenvalue weighted by atomic mass is 9.90. The Morgan fingerprint density at radius 2 is 1.91 bits per heavy atom. The van der Waals surface area contributed by atoms with E-state index >= 15 is 0 Å². The molecule has 5 rings (SSSR count). The van der Waals surface area contributed by atoms with Crippen LogP contribution in [0.5, 0.6) is 0 Å². The van der Waals surface area contributed by atoms with Crippen LogP contribution in [0.4, 0.5) is 5.82 Å². The van der Waals surface area contributed by atoms with E-state index in [1.54, 1.807) is 30.3 Å². The number of aromatic nitrogens is 1. The number of nitrogens with zero attached hydrogens (tertiary/aromatic N) is 1. The highest BCUT2D eigenvalue weighted by Crippen LogP contribution is 2.33. The normalized spacial score (nSPS) is 19.0. The van der Waals surface area contributed by atoms with Gasteiger partial charge in [-0.2, -0.15) is 4.72 Å². The van der Waals surface area contributed by atoms with Crippen molar-refractivity contribution in [1.82, 2.24) is 15.0 Å². The number of thiophene rings is 1. The van der Waals surface area contributed by atoms with E-state index in [9.17, 15) is 13.2 Å². The van der Waals surface area contributed by atoms with Crippen molar-refractivity contribution in [3.8, 4) is 0 Å². The van der Waals surface area contributed by atoms with Crippen LogP contribution in [0.2, 0.25) is 5.02 Å². The average Bonchev–Trinajstić information content (AvgIpc) is 3.31. The Balaban J connectivity index is 1.51. The Morgan fingerprint density at radius 1 is 1.12 bits per heavy atom. The second-order valence-corrected chi connectivity index (χ2v) is 11.3. The molecular weight excluding hydrogens is 468 g/mol. The second-order valence-electron chi connectivity index (χ2n) is 7.88. The van der Waals surface area contributed by atoms with E-state index in [1.165, 1.54) is 0 Å². The van der Waals surface area contributed by atoms with E-state index in [2.05, 4.69) is 15.0 Å². The number of amides is 1. The maximum absolute atomic E-state index is 13.3. The summed E-state index contributed by atoms with van der Waals surface area (Å²) in [5.74, 6) is 0.0550. The lowest BCUT2D eigenvalue weighted by molar-refractivity contribution is -0.124. The predicted octanol–water partition coefficient (Wildman–Crippen LogP) is 3.46. The van der Waals surface area contributed by atoms with Gasteiger partial charge < -0.3 is 11.1 Å². The monoisotopic (exact) mass is 486 g/mol. The van der Waals surface area contributed by atoms with E-state index in [0.717, 1.165) is 32.4 Å². The fourth-order valence-electron chi connectivity index (χ4n) is 4.03. The largest absolute Gasteiger partial charge is 0.384 e. The summed E-state index contributed by atoms with van der Waals surface area (Å²) in [6.45, 7) is 0.391. The number of benzene rings is 2. The van der Waals surface area contributed by atoms with E-state index < -0.39 is 15.6 Å². The average molecular weight is 487 g/mol. The number of carbonyl (C=O) groups excluding carboxylic acids is 1. The molecule has 0 aliphatic carbocycles. The van der Waals surface area contributed by atoms with E-state index in [1.807, 2.05) is 24.3 Å². The topological polar surface area (TPSA) is 114 Å². The van der Waals surface area contributed by atoms with Crippen LogP contribution in [-0.4, -0.2) is 31.4 Å². The number of anilines is 1. The molecule has 0 unspecified atom stereocenters. The highest BCUT2D eigenvalue weighted by Gasteiger charge is 2.46. The van der Waals surface area contributed by atoms with Gasteiger partial charge in [-0.1, -0.05) is 29.8 Å². The van der Waals surface area contributed by atoms with Crippen LogP contribution in [0.25, 0.3) is 21.0 Å². The Labute approximate surface area is 193 Å². The van der Waals surface area contributed by atoms with Gasteiger partial charge in [-0.3, -0.25) is 4.79 Å². The molecule has 1 aliphatic rings. The summed E-state index contributed by atoms with van der Waals surface area (Å²) < 4.78 is 30.2. The number of sulfonamides is 1. The number of halogens is 1. The Kier molecular flexibility index (Phi) is 5.09. The van der Waals surface area contributed by atoms with Gasteiger partial charge in [-0.25, -0.2) is 13.4 Å². The molecule has 1 aliphatic heterocycles. The molecule has 10 heteroatoms. The highest BCUT2D eigenvalue weighted by atomic mass is 35.5. The van der Waals surface area contributed by atoms with Gasteiger partial charge in [0, 0.05) is 28.1 Å². The molecule has 1 fully saturated rings. The zero-order valence-corrected chi connectivity index (χ0v) is 19.2. The summed E-state index contributed by atoms with van der Waals surface area (Å²) in [5.41, 5.74) is 5.99. The zero-order chi connectivity index (χ0) is 22.5. The summed E-state index contributed by atoms with van der Waals surface area (Å²) >= 11 is 7.16. The van der Waals surface area contributed by atoms with Crippen molar-refractivity contribution in [2.75, 3.05) is 12.3 Å². The molecule has 2 aromatic carbocycles. The Morgan fingerprint density at radius 3 is 2.69 bits per heavy atom. The van der Waals surface area contributed by atoms with Gasteiger partial charge >= 0.3 is 0 Å². The number of fused-ring (bicyclic) bond motifs is 2. The molecular formula is C22H19ClN4O3S2. The van der Waals surface area contributed by atoms with Crippen molar-refractivity contribution in [3.63, 3.8) is 0 Å². The highest BCUT2D eigenvalue weighted by molar-refractivity contribution is 7.91. The van der Waals surface area contributed by atoms with Gasteiger partial charge in [0.2, 0.25) is 5.91 Å². The van der Waals surface area contributed by atoms with E-state index in [0.29, 0.717) is 29.3 Å². The molecule has 2 aromatic heterocycles. The maximum Gasteiger partial charge on any atom is 0.251 e. The number of carbonyl (C=O) groups is 1. The first kappa shape index (κ1) is 21.1. The van der Waals surface area contributed by atoms with Crippen molar-refractivity contribution in [1.29, 1.82) is 0 Å². The first-order chi connectivity index (χ1) is 15.2. The molecule has 0 bridgehead atoms. The lowest BCUT2D eigenvalue weighted by Gasteiger charge is -2.27. The first-order valence-corrected chi connectivity index (χ1v) is 12.6. The molecule has 1 atom stereocenters. The predicted molar refractivity (Wildman–Crippen MR) is 127 cm³/mol. The van der Waals surface area contributed by atoms with Crippen LogP contribution in [0, 0.1) is 0 Å². The van der Waals surface area contributed by atoms with Crippen molar-refractivity contribution >= 4 is 65.7 Å². The molecule has 0 saturated carbocycles. The molecule has 164 valence electrons. The Bertz CT molecular complexity index is 1490. The molecule has 1 saturated heterocycles. The molecule has 7 nitrogen and oxygen atoms in total. The second kappa shape index (κ2) is 7.70. The van der Waals surface area contributed by atoms with Crippen molar-refractivity contribution < 1.29 is 13.2 Å². The summed E-state index contributed by atoms with van der Waals surface area (Å²) in [4.78, 5) is 17.2. The summed E-state index contributed by atoms with van der Waals surface area (Å²) in [7, 11) is -3.95. The number of nitrogens with two attached hydrogens (primary N) is 1. The number of nitrogens with one attached hydrogen (secondary N) is 2. The number of hydrogen-bond donors (Lipinski definition) is 3. The van der Waals surface area contributed by atoms with Crippen LogP contribution in [0.1, 0.15) is 12.0 Å². The van der Waals surface area contributed by atoms with Crippen molar-refractivity contribution in [3.05, 3.63) is 65.2 Å². The van der Waals surface area contributed by atoms with Crippen LogP contribution >= 0.6 is 22.9 Å². The lowest BCUT2D eigenvalue weighted by Crippen LogP contribution is -2.54. The number of hydrogen-bond acceptors (Lipinski definition) is 6. The Hall–Kier alpha value is -2.72. The standard InChI is InChI=1S/C22H19ClN4O3S2/c23-16-5-3-15-10-20(31-18(15)11-16)32(29,30)27-22(7-8-25-21(22)28)12-13-1-2-14-4-6-19(24)26-17(14)9-13/h1-6,9-11,27H,7-8,12H2,(H2,24,26)(H,25,28)/t22-/m1/s1. The number of rotatable bonds is 5. The fourth-order valence-corrected chi connectivity index (χ4v) is 7.10. The minimum absolute atomic E-state index is 0.141. The van der Waals surface area contributed by atoms with Gasteiger partial charge in [-0.05, 0) is 53.8 Å². The van der Waals surface area contributed by atoms with Gasteiger partial charge in [0.15, 0.2) is 0 Å². The minimum atomic E-state index is -3.95. The summed E-state index contributed by atoms with van der Waals surface area (Å²) in [5, 5.41) is 5.00. The van der Waals surface area contributed by atoms with Crippen molar-refractivity contribution in [2.45, 2.75) is 22.6 Å². The van der Waals surface area contributed by atoms with Gasteiger partial charge in [0.1, 0.15) is 15.6 Å². The molecule has 4 N–H and O–H groups in total. The minimum Gasteiger partial charge on any atom is -0.384 e. The van der Waals surface area contributed by atoms with Crippen molar-refractivity contribution in [2.24, 2.45) is 0 Å². The third-order valence-corrected chi connectivity index (χ3v) is 8.95. The summed E-state index contributed by atoms with van der Waals surface area (Å²) in [6, 6.07) is 16.0. The molecule has 0 radical (unpaired) electrons. The smallest absolute Gasteiger partial charge is 0.251 e. The molecule has 0 spiro atoms. The summed E-state index contributed by atoms with van der Waals surface area (Å²) in [6.07, 6.45) is 0.533. The van der Waals surface area contributed by atoms with E-state index in [-0.39, 0.29) is 16.5 Å². The number of nitrogen functional groups attached to an aromatic ring is 1. The third kappa shape index (κ3) is 3.81. The SMILES string of the molecule is Nc1ccc2ccc(C[C@]3(NS(=O)(=O)c4cc5ccc(Cl)cc5s4)CCNC3=O)cc2n1. The van der Waals surface area contributed by atoms with Gasteiger partial charge in [-0.15, -0.1) is 11.3 Å². The van der Waals surface area contributed by atoms with Crippen LogP contribution < -0.4 is 15.8 Å². The van der Waals surface area contributed by atoms with Crippen LogP contribution in [0.3, 0.4) is 0 Å². The first-order valence-electron chi connectivity index (χ1n) is 9.91. The van der Waals surface area contributed by atoms with Gasteiger partial charge in [0.05, 0.1) is 5.52 Å². The molecule has 32 heavy (non-hydrogen) atoms. The molecule has 4 aromatic rings. The quantitative estimate of drug-likeness (QED) is 0.399. The molecule has 1 amide bonds. The third-order valence-electron chi connectivity index (χ3n) is 5.61. The van der Waals surface area contributed by atoms with E-state index in [4.69, 9.17) is 17.3 Å². The number of pyridine rings is 1. The van der Waals surface area contributed by atoms with Crippen LogP contribution in [-0.2, 0) is 21.2 Å². The molecule has 3 heterocycles.